The third-order valence-corrected chi connectivity index (χ3v) is 3.52. The van der Waals surface area contributed by atoms with E-state index in [9.17, 15) is 13.2 Å². The van der Waals surface area contributed by atoms with Gasteiger partial charge in [-0.05, 0) is 18.2 Å². The van der Waals surface area contributed by atoms with Gasteiger partial charge in [0.15, 0.2) is 0 Å². The zero-order chi connectivity index (χ0) is 15.6. The Balaban J connectivity index is 2.74. The van der Waals surface area contributed by atoms with Gasteiger partial charge in [0.05, 0.1) is 12.8 Å². The van der Waals surface area contributed by atoms with E-state index in [1.54, 1.807) is 24.3 Å². The maximum absolute atomic E-state index is 11.6. The number of carbonyl (C=O) groups is 1. The molecule has 2 N–H and O–H groups in total. The van der Waals surface area contributed by atoms with Crippen molar-refractivity contribution < 1.29 is 17.9 Å². The molecule has 2 rings (SSSR count). The number of benzene rings is 1. The third kappa shape index (κ3) is 3.16. The van der Waals surface area contributed by atoms with Crippen molar-refractivity contribution in [3.8, 4) is 17.0 Å². The van der Waals surface area contributed by atoms with Crippen molar-refractivity contribution in [1.82, 2.24) is 9.97 Å². The lowest BCUT2D eigenvalue weighted by Gasteiger charge is -2.09. The number of sulfone groups is 1. The van der Waals surface area contributed by atoms with E-state index in [2.05, 4.69) is 9.97 Å². The van der Waals surface area contributed by atoms with Crippen LogP contribution in [-0.4, -0.2) is 37.7 Å². The second kappa shape index (κ2) is 5.49. The molecule has 110 valence electrons. The van der Waals surface area contributed by atoms with Crippen molar-refractivity contribution in [2.75, 3.05) is 13.4 Å². The third-order valence-electron chi connectivity index (χ3n) is 2.67. The minimum absolute atomic E-state index is 0.175. The number of nitrogens with two attached hydrogens (primary N) is 1. The molecule has 0 spiro atoms. The van der Waals surface area contributed by atoms with Gasteiger partial charge in [0.2, 0.25) is 15.0 Å². The highest BCUT2D eigenvalue weighted by molar-refractivity contribution is 7.90. The Morgan fingerprint density at radius 2 is 1.90 bits per heavy atom. The minimum atomic E-state index is -3.68. The van der Waals surface area contributed by atoms with Crippen LogP contribution in [0.25, 0.3) is 11.3 Å². The van der Waals surface area contributed by atoms with Gasteiger partial charge >= 0.3 is 0 Å². The number of methoxy groups -OCH3 is 1. The lowest BCUT2D eigenvalue weighted by atomic mass is 10.1. The molecule has 21 heavy (non-hydrogen) atoms. The van der Waals surface area contributed by atoms with Crippen LogP contribution in [0.3, 0.4) is 0 Å². The first-order valence-electron chi connectivity index (χ1n) is 5.85. The molecule has 0 aliphatic rings. The van der Waals surface area contributed by atoms with Gasteiger partial charge in [-0.25, -0.2) is 18.4 Å². The average molecular weight is 307 g/mol. The molecule has 1 amide bonds. The molecule has 0 saturated heterocycles. The van der Waals surface area contributed by atoms with Crippen LogP contribution in [0.1, 0.15) is 10.5 Å². The number of carbonyl (C=O) groups excluding carboxylic acids is 1. The first-order chi connectivity index (χ1) is 9.82. The largest absolute Gasteiger partial charge is 0.496 e. The van der Waals surface area contributed by atoms with E-state index in [0.717, 1.165) is 6.26 Å². The summed E-state index contributed by atoms with van der Waals surface area (Å²) in [5, 5.41) is -0.459. The summed E-state index contributed by atoms with van der Waals surface area (Å²) in [7, 11) is -2.20. The van der Waals surface area contributed by atoms with E-state index in [-0.39, 0.29) is 11.4 Å². The molecule has 1 aromatic heterocycles. The van der Waals surface area contributed by atoms with Crippen molar-refractivity contribution in [3.05, 3.63) is 36.0 Å². The molecule has 0 atom stereocenters. The molecule has 0 aliphatic heterocycles. The predicted octanol–water partition coefficient (Wildman–Crippen LogP) is 0.655. The Morgan fingerprint density at radius 1 is 1.24 bits per heavy atom. The lowest BCUT2D eigenvalue weighted by Crippen LogP contribution is -2.16. The molecule has 8 heteroatoms. The Hall–Kier alpha value is -2.48. The van der Waals surface area contributed by atoms with E-state index < -0.39 is 20.9 Å². The highest BCUT2D eigenvalue weighted by Crippen LogP contribution is 2.28. The fraction of sp³-hybridized carbons (Fsp3) is 0.154. The van der Waals surface area contributed by atoms with E-state index in [4.69, 9.17) is 10.5 Å². The Kier molecular flexibility index (Phi) is 3.90. The quantitative estimate of drug-likeness (QED) is 0.830. The zero-order valence-corrected chi connectivity index (χ0v) is 12.2. The van der Waals surface area contributed by atoms with Crippen LogP contribution < -0.4 is 10.5 Å². The van der Waals surface area contributed by atoms with Crippen molar-refractivity contribution in [2.24, 2.45) is 5.73 Å². The fourth-order valence-electron chi connectivity index (χ4n) is 1.71. The Labute approximate surface area is 121 Å². The summed E-state index contributed by atoms with van der Waals surface area (Å²) in [6.45, 7) is 0. The van der Waals surface area contributed by atoms with Gasteiger partial charge in [-0.15, -0.1) is 0 Å². The Bertz CT molecular complexity index is 803. The zero-order valence-electron chi connectivity index (χ0n) is 11.4. The second-order valence-electron chi connectivity index (χ2n) is 4.26. The summed E-state index contributed by atoms with van der Waals surface area (Å²) in [6, 6.07) is 8.22. The van der Waals surface area contributed by atoms with Gasteiger partial charge in [-0.3, -0.25) is 4.79 Å². The number of hydrogen-bond donors (Lipinski definition) is 1. The summed E-state index contributed by atoms with van der Waals surface area (Å²) < 4.78 is 28.5. The van der Waals surface area contributed by atoms with Crippen molar-refractivity contribution >= 4 is 15.7 Å². The normalized spacial score (nSPS) is 11.1. The topological polar surface area (TPSA) is 112 Å². The van der Waals surface area contributed by atoms with Gasteiger partial charge in [0, 0.05) is 11.8 Å². The number of primary amides is 1. The summed E-state index contributed by atoms with van der Waals surface area (Å²) >= 11 is 0. The summed E-state index contributed by atoms with van der Waals surface area (Å²) in [6.07, 6.45) is 0.957. The standard InChI is InChI=1S/C13H13N3O4S/c1-20-11-6-4-3-5-8(11)9-7-10(12(14)17)16-13(15-9)21(2,18)19/h3-7H,1-2H3,(H2,14,17). The van der Waals surface area contributed by atoms with Crippen LogP contribution in [0.4, 0.5) is 0 Å². The molecule has 0 saturated carbocycles. The van der Waals surface area contributed by atoms with E-state index >= 15 is 0 Å². The second-order valence-corrected chi connectivity index (χ2v) is 6.17. The minimum Gasteiger partial charge on any atom is -0.496 e. The first-order valence-corrected chi connectivity index (χ1v) is 7.74. The van der Waals surface area contributed by atoms with Crippen LogP contribution >= 0.6 is 0 Å². The SMILES string of the molecule is COc1ccccc1-c1cc(C(N)=O)nc(S(C)(=O)=O)n1. The molecule has 0 aliphatic carbocycles. The van der Waals surface area contributed by atoms with Crippen LogP contribution in [-0.2, 0) is 9.84 Å². The fourth-order valence-corrected chi connectivity index (χ4v) is 2.24. The maximum Gasteiger partial charge on any atom is 0.267 e. The molecule has 7 nitrogen and oxygen atoms in total. The van der Waals surface area contributed by atoms with Gasteiger partial charge in [-0.1, -0.05) is 12.1 Å². The van der Waals surface area contributed by atoms with Gasteiger partial charge < -0.3 is 10.5 Å². The van der Waals surface area contributed by atoms with Crippen LogP contribution in [0.5, 0.6) is 5.75 Å². The smallest absolute Gasteiger partial charge is 0.267 e. The number of hydrogen-bond acceptors (Lipinski definition) is 6. The highest BCUT2D eigenvalue weighted by atomic mass is 32.2. The van der Waals surface area contributed by atoms with Crippen LogP contribution in [0.15, 0.2) is 35.5 Å². The number of nitrogens with zero attached hydrogens (tertiary/aromatic N) is 2. The van der Waals surface area contributed by atoms with Gasteiger partial charge in [-0.2, -0.15) is 0 Å². The Morgan fingerprint density at radius 3 is 2.48 bits per heavy atom. The highest BCUT2D eigenvalue weighted by Gasteiger charge is 2.18. The summed E-state index contributed by atoms with van der Waals surface area (Å²) in [4.78, 5) is 19.0. The molecule has 2 aromatic rings. The van der Waals surface area contributed by atoms with Crippen LogP contribution in [0.2, 0.25) is 0 Å². The van der Waals surface area contributed by atoms with Crippen molar-refractivity contribution in [1.29, 1.82) is 0 Å². The average Bonchev–Trinajstić information content (AvgIpc) is 2.45. The van der Waals surface area contributed by atoms with Gasteiger partial charge in [0.25, 0.3) is 5.91 Å². The summed E-state index contributed by atoms with van der Waals surface area (Å²) in [5.41, 5.74) is 5.80. The lowest BCUT2D eigenvalue weighted by molar-refractivity contribution is 0.0994. The maximum atomic E-state index is 11.6. The number of ether oxygens (including phenoxy) is 1. The van der Waals surface area contributed by atoms with Crippen molar-refractivity contribution in [3.63, 3.8) is 0 Å². The molecule has 0 radical (unpaired) electrons. The molecule has 1 aromatic carbocycles. The molecule has 1 heterocycles. The van der Waals surface area contributed by atoms with E-state index in [1.807, 2.05) is 0 Å². The predicted molar refractivity (Wildman–Crippen MR) is 75.6 cm³/mol. The monoisotopic (exact) mass is 307 g/mol. The molecular formula is C13H13N3O4S. The van der Waals surface area contributed by atoms with Gasteiger partial charge in [0.1, 0.15) is 11.4 Å². The van der Waals surface area contributed by atoms with E-state index in [1.165, 1.54) is 13.2 Å². The summed E-state index contributed by atoms with van der Waals surface area (Å²) in [5.74, 6) is -0.343. The molecule has 0 fully saturated rings. The number of amides is 1. The van der Waals surface area contributed by atoms with Crippen molar-refractivity contribution in [2.45, 2.75) is 5.16 Å². The van der Waals surface area contributed by atoms with Crippen LogP contribution in [0, 0.1) is 0 Å². The number of aromatic nitrogens is 2. The first kappa shape index (κ1) is 14.9. The molecule has 0 bridgehead atoms. The molecule has 0 unspecified atom stereocenters. The van der Waals surface area contributed by atoms with E-state index in [0.29, 0.717) is 11.3 Å². The molecular weight excluding hydrogens is 294 g/mol. The number of para-hydroxylation sites is 1. The number of rotatable bonds is 4.